The largest absolute Gasteiger partial charge is 0.454 e. The minimum atomic E-state index is -0.0402. The molecule has 1 amide bonds. The summed E-state index contributed by atoms with van der Waals surface area (Å²) < 4.78 is 10.7. The molecule has 124 valence electrons. The molecule has 1 heterocycles. The first-order valence-corrected chi connectivity index (χ1v) is 8.84. The second kappa shape index (κ2) is 7.45. The number of carbonyl (C=O) groups excluding carboxylic acids is 1. The monoisotopic (exact) mass is 341 g/mol. The third kappa shape index (κ3) is 3.92. The first-order valence-electron chi connectivity index (χ1n) is 7.61. The van der Waals surface area contributed by atoms with Crippen molar-refractivity contribution in [3.8, 4) is 11.5 Å². The van der Waals surface area contributed by atoms with E-state index in [9.17, 15) is 4.79 Å². The lowest BCUT2D eigenvalue weighted by Crippen LogP contribution is -2.24. The number of fused-ring (bicyclic) bond motifs is 1. The van der Waals surface area contributed by atoms with Crippen molar-refractivity contribution in [2.45, 2.75) is 11.4 Å². The van der Waals surface area contributed by atoms with Gasteiger partial charge < -0.3 is 14.4 Å². The summed E-state index contributed by atoms with van der Waals surface area (Å²) in [5.41, 5.74) is 2.02. The molecule has 3 rings (SSSR count). The van der Waals surface area contributed by atoms with E-state index in [1.54, 1.807) is 29.8 Å². The summed E-state index contributed by atoms with van der Waals surface area (Å²) in [7, 11) is 1.79. The van der Waals surface area contributed by atoms with Gasteiger partial charge in [-0.3, -0.25) is 4.79 Å². The van der Waals surface area contributed by atoms with Crippen LogP contribution in [0.4, 0.5) is 0 Å². The Labute approximate surface area is 146 Å². The molecule has 0 unspecified atom stereocenters. The number of benzene rings is 2. The van der Waals surface area contributed by atoms with Crippen LogP contribution in [0.3, 0.4) is 0 Å². The highest BCUT2D eigenvalue weighted by atomic mass is 32.2. The number of thioether (sulfide) groups is 1. The van der Waals surface area contributed by atoms with Crippen LogP contribution in [-0.4, -0.2) is 30.9 Å². The van der Waals surface area contributed by atoms with Gasteiger partial charge in [0.2, 0.25) is 12.7 Å². The maximum absolute atomic E-state index is 12.3. The van der Waals surface area contributed by atoms with E-state index < -0.39 is 0 Å². The maximum Gasteiger partial charge on any atom is 0.246 e. The van der Waals surface area contributed by atoms with Gasteiger partial charge in [-0.05, 0) is 47.7 Å². The molecule has 0 atom stereocenters. The van der Waals surface area contributed by atoms with Crippen LogP contribution in [0.15, 0.2) is 53.4 Å². The smallest absolute Gasteiger partial charge is 0.246 e. The Morgan fingerprint density at radius 3 is 2.67 bits per heavy atom. The van der Waals surface area contributed by atoms with Gasteiger partial charge in [-0.2, -0.15) is 0 Å². The van der Waals surface area contributed by atoms with Gasteiger partial charge in [-0.1, -0.05) is 18.2 Å². The zero-order chi connectivity index (χ0) is 16.9. The summed E-state index contributed by atoms with van der Waals surface area (Å²) in [5.74, 6) is 1.45. The third-order valence-corrected chi connectivity index (χ3v) is 4.51. The number of ether oxygens (including phenoxy) is 2. The molecule has 1 aliphatic heterocycles. The van der Waals surface area contributed by atoms with Crippen molar-refractivity contribution in [2.24, 2.45) is 0 Å². The Kier molecular flexibility index (Phi) is 5.11. The minimum Gasteiger partial charge on any atom is -0.454 e. The van der Waals surface area contributed by atoms with Gasteiger partial charge in [0.25, 0.3) is 0 Å². The van der Waals surface area contributed by atoms with Gasteiger partial charge in [0.1, 0.15) is 0 Å². The average Bonchev–Trinajstić information content (AvgIpc) is 3.07. The minimum absolute atomic E-state index is 0.0402. The van der Waals surface area contributed by atoms with E-state index in [1.165, 1.54) is 4.90 Å². The van der Waals surface area contributed by atoms with Crippen molar-refractivity contribution in [1.82, 2.24) is 4.90 Å². The molecule has 0 fully saturated rings. The second-order valence-electron chi connectivity index (χ2n) is 5.49. The SMILES string of the molecule is CSc1ccc(C=CC(=O)N(C)Cc2ccc3c(c2)OCO3)cc1. The van der Waals surface area contributed by atoms with Gasteiger partial charge >= 0.3 is 0 Å². The Morgan fingerprint density at radius 1 is 1.17 bits per heavy atom. The fraction of sp³-hybridized carbons (Fsp3) is 0.211. The molecule has 0 saturated carbocycles. The molecule has 24 heavy (non-hydrogen) atoms. The van der Waals surface area contributed by atoms with Crippen molar-refractivity contribution >= 4 is 23.7 Å². The van der Waals surface area contributed by atoms with Crippen LogP contribution in [0.25, 0.3) is 6.08 Å². The lowest BCUT2D eigenvalue weighted by atomic mass is 10.2. The van der Waals surface area contributed by atoms with Gasteiger partial charge in [-0.15, -0.1) is 11.8 Å². The molecule has 1 aliphatic rings. The summed E-state index contributed by atoms with van der Waals surface area (Å²) in [5, 5.41) is 0. The fourth-order valence-corrected chi connectivity index (χ4v) is 2.81. The Balaban J connectivity index is 1.60. The van der Waals surface area contributed by atoms with E-state index in [0.29, 0.717) is 6.54 Å². The van der Waals surface area contributed by atoms with Gasteiger partial charge in [0, 0.05) is 24.6 Å². The predicted molar refractivity (Wildman–Crippen MR) is 96.3 cm³/mol. The molecule has 2 aromatic carbocycles. The normalized spacial score (nSPS) is 12.6. The number of carbonyl (C=O) groups is 1. The quantitative estimate of drug-likeness (QED) is 0.612. The summed E-state index contributed by atoms with van der Waals surface area (Å²) >= 11 is 1.70. The van der Waals surface area contributed by atoms with E-state index >= 15 is 0 Å². The lowest BCUT2D eigenvalue weighted by molar-refractivity contribution is -0.125. The first-order chi connectivity index (χ1) is 11.7. The zero-order valence-electron chi connectivity index (χ0n) is 13.7. The number of rotatable bonds is 5. The molecule has 0 aromatic heterocycles. The predicted octanol–water partition coefficient (Wildman–Crippen LogP) is 3.81. The van der Waals surface area contributed by atoms with E-state index in [-0.39, 0.29) is 12.7 Å². The van der Waals surface area contributed by atoms with E-state index in [4.69, 9.17) is 9.47 Å². The third-order valence-electron chi connectivity index (χ3n) is 3.77. The molecule has 0 spiro atoms. The fourth-order valence-electron chi connectivity index (χ4n) is 2.40. The standard InChI is InChI=1S/C19H19NO3S/c1-20(12-15-5-9-17-18(11-15)23-13-22-17)19(21)10-6-14-3-7-16(24-2)8-4-14/h3-11H,12-13H2,1-2H3. The van der Waals surface area contributed by atoms with Crippen molar-refractivity contribution < 1.29 is 14.3 Å². The van der Waals surface area contributed by atoms with Crippen molar-refractivity contribution in [1.29, 1.82) is 0 Å². The van der Waals surface area contributed by atoms with Gasteiger partial charge in [-0.25, -0.2) is 0 Å². The van der Waals surface area contributed by atoms with Crippen LogP contribution in [0.1, 0.15) is 11.1 Å². The number of hydrogen-bond donors (Lipinski definition) is 0. The topological polar surface area (TPSA) is 38.8 Å². The molecular weight excluding hydrogens is 322 g/mol. The van der Waals surface area contributed by atoms with Crippen molar-refractivity contribution in [2.75, 3.05) is 20.1 Å². The summed E-state index contributed by atoms with van der Waals surface area (Å²) in [6.45, 7) is 0.775. The first kappa shape index (κ1) is 16.5. The highest BCUT2D eigenvalue weighted by Crippen LogP contribution is 2.32. The second-order valence-corrected chi connectivity index (χ2v) is 6.37. The van der Waals surface area contributed by atoms with Crippen LogP contribution >= 0.6 is 11.8 Å². The zero-order valence-corrected chi connectivity index (χ0v) is 14.5. The highest BCUT2D eigenvalue weighted by molar-refractivity contribution is 7.98. The molecule has 5 heteroatoms. The van der Waals surface area contributed by atoms with Crippen molar-refractivity contribution in [3.63, 3.8) is 0 Å². The molecular formula is C19H19NO3S. The van der Waals surface area contributed by atoms with Crippen LogP contribution in [-0.2, 0) is 11.3 Å². The molecule has 2 aromatic rings. The Bertz CT molecular complexity index is 756. The van der Waals surface area contributed by atoms with Crippen LogP contribution in [0.2, 0.25) is 0 Å². The Morgan fingerprint density at radius 2 is 1.92 bits per heavy atom. The number of hydrogen-bond acceptors (Lipinski definition) is 4. The maximum atomic E-state index is 12.3. The van der Waals surface area contributed by atoms with Gasteiger partial charge in [0.15, 0.2) is 11.5 Å². The lowest BCUT2D eigenvalue weighted by Gasteiger charge is -2.15. The highest BCUT2D eigenvalue weighted by Gasteiger charge is 2.14. The van der Waals surface area contributed by atoms with Crippen molar-refractivity contribution in [3.05, 3.63) is 59.7 Å². The van der Waals surface area contributed by atoms with E-state index in [2.05, 4.69) is 0 Å². The molecule has 4 nitrogen and oxygen atoms in total. The number of nitrogens with zero attached hydrogens (tertiary/aromatic N) is 1. The van der Waals surface area contributed by atoms with Crippen LogP contribution in [0.5, 0.6) is 11.5 Å². The Hall–Kier alpha value is -2.40. The van der Waals surface area contributed by atoms with Crippen LogP contribution < -0.4 is 9.47 Å². The summed E-state index contributed by atoms with van der Waals surface area (Å²) in [4.78, 5) is 15.1. The van der Waals surface area contributed by atoms with Gasteiger partial charge in [0.05, 0.1) is 0 Å². The van der Waals surface area contributed by atoms with Crippen LogP contribution in [0, 0.1) is 0 Å². The average molecular weight is 341 g/mol. The van der Waals surface area contributed by atoms with E-state index in [0.717, 1.165) is 22.6 Å². The molecule has 0 aliphatic carbocycles. The summed E-state index contributed by atoms with van der Waals surface area (Å²) in [6.07, 6.45) is 5.48. The molecule has 0 N–H and O–H groups in total. The molecule has 0 saturated heterocycles. The summed E-state index contributed by atoms with van der Waals surface area (Å²) in [6, 6.07) is 13.8. The molecule has 0 bridgehead atoms. The number of likely N-dealkylation sites (N-methyl/N-ethyl adjacent to an activating group) is 1. The number of amides is 1. The molecule has 0 radical (unpaired) electrons. The van der Waals surface area contributed by atoms with E-state index in [1.807, 2.05) is 54.8 Å².